The maximum atomic E-state index is 12.5. The minimum Gasteiger partial charge on any atom is -0.478 e. The van der Waals surface area contributed by atoms with Gasteiger partial charge >= 0.3 is 5.97 Å². The minimum absolute atomic E-state index is 0.00727. The van der Waals surface area contributed by atoms with E-state index in [0.717, 1.165) is 31.9 Å². The van der Waals surface area contributed by atoms with Gasteiger partial charge < -0.3 is 5.11 Å². The van der Waals surface area contributed by atoms with Crippen LogP contribution in [0.5, 0.6) is 0 Å². The second-order valence-corrected chi connectivity index (χ2v) is 7.57. The molecule has 0 aliphatic heterocycles. The molecule has 116 valence electrons. The molecule has 1 saturated carbocycles. The summed E-state index contributed by atoms with van der Waals surface area (Å²) in [5, 5.41) is 8.71. The molecule has 0 spiro atoms. The Hall–Kier alpha value is -1.47. The SMILES string of the molecule is CC1CCC(N(C)S(=O)(=O)c2ccc(C(=O)O)cn2)CC1. The quantitative estimate of drug-likeness (QED) is 0.918. The third-order valence-corrected chi connectivity index (χ3v) is 5.95. The van der Waals surface area contributed by atoms with Crippen molar-refractivity contribution in [1.82, 2.24) is 9.29 Å². The molecule has 1 N–H and O–H groups in total. The molecule has 0 atom stereocenters. The second-order valence-electron chi connectivity index (χ2n) is 5.63. The number of aromatic nitrogens is 1. The highest BCUT2D eigenvalue weighted by molar-refractivity contribution is 7.89. The monoisotopic (exact) mass is 312 g/mol. The molecule has 1 aromatic rings. The van der Waals surface area contributed by atoms with Crippen molar-refractivity contribution in [2.45, 2.75) is 43.7 Å². The minimum atomic E-state index is -3.67. The first-order chi connectivity index (χ1) is 9.82. The Bertz CT molecular complexity index is 604. The highest BCUT2D eigenvalue weighted by atomic mass is 32.2. The molecule has 0 radical (unpaired) electrons. The van der Waals surface area contributed by atoms with Crippen LogP contribution in [0.3, 0.4) is 0 Å². The molecule has 7 heteroatoms. The van der Waals surface area contributed by atoms with E-state index in [1.165, 1.54) is 16.4 Å². The predicted octanol–water partition coefficient (Wildman–Crippen LogP) is 1.98. The highest BCUT2D eigenvalue weighted by Crippen LogP contribution is 2.29. The summed E-state index contributed by atoms with van der Waals surface area (Å²) in [4.78, 5) is 14.6. The molecule has 0 saturated heterocycles. The van der Waals surface area contributed by atoms with Gasteiger partial charge in [0.1, 0.15) is 0 Å². The van der Waals surface area contributed by atoms with Crippen LogP contribution >= 0.6 is 0 Å². The van der Waals surface area contributed by atoms with Crippen LogP contribution < -0.4 is 0 Å². The van der Waals surface area contributed by atoms with Crippen molar-refractivity contribution in [3.8, 4) is 0 Å². The topological polar surface area (TPSA) is 87.6 Å². The Balaban J connectivity index is 2.18. The number of aromatic carboxylic acids is 1. The summed E-state index contributed by atoms with van der Waals surface area (Å²) in [5.74, 6) is -0.480. The molecule has 1 fully saturated rings. The lowest BCUT2D eigenvalue weighted by Gasteiger charge is -2.32. The molecule has 2 rings (SSSR count). The van der Waals surface area contributed by atoms with Crippen molar-refractivity contribution in [1.29, 1.82) is 0 Å². The molecule has 21 heavy (non-hydrogen) atoms. The van der Waals surface area contributed by atoms with Gasteiger partial charge in [0, 0.05) is 19.3 Å². The van der Waals surface area contributed by atoms with E-state index in [0.29, 0.717) is 5.92 Å². The van der Waals surface area contributed by atoms with Crippen LogP contribution in [0.25, 0.3) is 0 Å². The van der Waals surface area contributed by atoms with Gasteiger partial charge in [0.2, 0.25) is 0 Å². The summed E-state index contributed by atoms with van der Waals surface area (Å²) in [6, 6.07) is 2.51. The molecule has 0 aromatic carbocycles. The zero-order valence-corrected chi connectivity index (χ0v) is 13.0. The van der Waals surface area contributed by atoms with E-state index in [2.05, 4.69) is 11.9 Å². The normalized spacial score (nSPS) is 23.2. The van der Waals surface area contributed by atoms with Gasteiger partial charge in [-0.1, -0.05) is 6.92 Å². The van der Waals surface area contributed by atoms with Crippen LogP contribution in [0.15, 0.2) is 23.4 Å². The van der Waals surface area contributed by atoms with E-state index in [9.17, 15) is 13.2 Å². The number of sulfonamides is 1. The van der Waals surface area contributed by atoms with E-state index in [1.54, 1.807) is 7.05 Å². The summed E-state index contributed by atoms with van der Waals surface area (Å²) in [5.41, 5.74) is -0.0249. The summed E-state index contributed by atoms with van der Waals surface area (Å²) >= 11 is 0. The first-order valence-electron chi connectivity index (χ1n) is 6.99. The zero-order valence-electron chi connectivity index (χ0n) is 12.2. The second kappa shape index (κ2) is 6.11. The van der Waals surface area contributed by atoms with Gasteiger partial charge in [0.15, 0.2) is 5.03 Å². The van der Waals surface area contributed by atoms with Crippen molar-refractivity contribution in [3.63, 3.8) is 0 Å². The summed E-state index contributed by atoms with van der Waals surface area (Å²) < 4.78 is 26.4. The third kappa shape index (κ3) is 3.41. The average Bonchev–Trinajstić information content (AvgIpc) is 2.47. The Morgan fingerprint density at radius 2 is 1.90 bits per heavy atom. The van der Waals surface area contributed by atoms with Crippen molar-refractivity contribution in [3.05, 3.63) is 23.9 Å². The van der Waals surface area contributed by atoms with E-state index in [-0.39, 0.29) is 16.6 Å². The molecule has 6 nitrogen and oxygen atoms in total. The van der Waals surface area contributed by atoms with Gasteiger partial charge in [-0.25, -0.2) is 18.2 Å². The van der Waals surface area contributed by atoms with Crippen LogP contribution in [0.4, 0.5) is 0 Å². The molecule has 1 aliphatic carbocycles. The zero-order chi connectivity index (χ0) is 15.6. The molecule has 0 unspecified atom stereocenters. The Labute approximate surface area is 124 Å². The van der Waals surface area contributed by atoms with Crippen molar-refractivity contribution in [2.75, 3.05) is 7.05 Å². The molecule has 0 amide bonds. The fourth-order valence-electron chi connectivity index (χ4n) is 2.61. The fourth-order valence-corrected chi connectivity index (χ4v) is 3.93. The van der Waals surface area contributed by atoms with Crippen molar-refractivity contribution < 1.29 is 18.3 Å². The molecule has 1 aromatic heterocycles. The first kappa shape index (κ1) is 15.9. The van der Waals surface area contributed by atoms with Crippen molar-refractivity contribution in [2.24, 2.45) is 5.92 Å². The first-order valence-corrected chi connectivity index (χ1v) is 8.43. The van der Waals surface area contributed by atoms with Gasteiger partial charge in [0.05, 0.1) is 5.56 Å². The molecular formula is C14H20N2O4S. The maximum absolute atomic E-state index is 12.5. The predicted molar refractivity (Wildman–Crippen MR) is 77.6 cm³/mol. The van der Waals surface area contributed by atoms with Crippen molar-refractivity contribution >= 4 is 16.0 Å². The van der Waals surface area contributed by atoms with Crippen LogP contribution in [0, 0.1) is 5.92 Å². The summed E-state index contributed by atoms with van der Waals surface area (Å²) in [7, 11) is -2.10. The van der Waals surface area contributed by atoms with Gasteiger partial charge in [0.25, 0.3) is 10.0 Å². The molecule has 1 aliphatic rings. The third-order valence-electron chi connectivity index (χ3n) is 4.13. The number of pyridine rings is 1. The van der Waals surface area contributed by atoms with Crippen LogP contribution in [0.1, 0.15) is 43.0 Å². The van der Waals surface area contributed by atoms with Gasteiger partial charge in [-0.05, 0) is 43.7 Å². The van der Waals surface area contributed by atoms with Gasteiger partial charge in [-0.15, -0.1) is 0 Å². The van der Waals surface area contributed by atoms with E-state index >= 15 is 0 Å². The standard InChI is InChI=1S/C14H20N2O4S/c1-10-3-6-12(7-4-10)16(2)21(19,20)13-8-5-11(9-15-13)14(17)18/h5,8-10,12H,3-4,6-7H2,1-2H3,(H,17,18). The molecular weight excluding hydrogens is 292 g/mol. The molecule has 1 heterocycles. The average molecular weight is 312 g/mol. The van der Waals surface area contributed by atoms with Gasteiger partial charge in [-0.2, -0.15) is 4.31 Å². The van der Waals surface area contributed by atoms with Crippen LogP contribution in [-0.4, -0.2) is 41.9 Å². The van der Waals surface area contributed by atoms with Gasteiger partial charge in [-0.3, -0.25) is 0 Å². The van der Waals surface area contributed by atoms with E-state index in [1.807, 2.05) is 0 Å². The maximum Gasteiger partial charge on any atom is 0.337 e. The molecule has 0 bridgehead atoms. The lowest BCUT2D eigenvalue weighted by molar-refractivity contribution is 0.0696. The Kier molecular flexibility index (Phi) is 4.63. The van der Waals surface area contributed by atoms with E-state index in [4.69, 9.17) is 5.11 Å². The smallest absolute Gasteiger partial charge is 0.337 e. The number of carboxylic acid groups (broad SMARTS) is 1. The van der Waals surface area contributed by atoms with Crippen LogP contribution in [0.2, 0.25) is 0 Å². The van der Waals surface area contributed by atoms with E-state index < -0.39 is 16.0 Å². The number of hydrogen-bond acceptors (Lipinski definition) is 4. The largest absolute Gasteiger partial charge is 0.478 e. The Morgan fingerprint density at radius 3 is 2.38 bits per heavy atom. The van der Waals surface area contributed by atoms with Crippen LogP contribution in [-0.2, 0) is 10.0 Å². The summed E-state index contributed by atoms with van der Waals surface area (Å²) in [6.07, 6.45) is 4.83. The lowest BCUT2D eigenvalue weighted by Crippen LogP contribution is -2.39. The number of hydrogen-bond donors (Lipinski definition) is 1. The number of carboxylic acids is 1. The highest BCUT2D eigenvalue weighted by Gasteiger charge is 2.31. The Morgan fingerprint density at radius 1 is 1.29 bits per heavy atom. The number of rotatable bonds is 4. The number of nitrogens with zero attached hydrogens (tertiary/aromatic N) is 2. The number of carbonyl (C=O) groups is 1. The summed E-state index contributed by atoms with van der Waals surface area (Å²) in [6.45, 7) is 2.18. The lowest BCUT2D eigenvalue weighted by atomic mass is 9.87. The fraction of sp³-hybridized carbons (Fsp3) is 0.571.